The minimum atomic E-state index is -0.600. The molecule has 0 radical (unpaired) electrons. The Labute approximate surface area is 93.6 Å². The first-order valence-corrected chi connectivity index (χ1v) is 4.66. The zero-order chi connectivity index (χ0) is 11.8. The van der Waals surface area contributed by atoms with Gasteiger partial charge >= 0.3 is 6.09 Å². The van der Waals surface area contributed by atoms with E-state index in [0.717, 1.165) is 11.3 Å². The number of ether oxygens (including phenoxy) is 2. The van der Waals surface area contributed by atoms with Crippen molar-refractivity contribution < 1.29 is 14.3 Å². The van der Waals surface area contributed by atoms with Gasteiger partial charge in [0.25, 0.3) is 0 Å². The van der Waals surface area contributed by atoms with Crippen LogP contribution in [0.2, 0.25) is 0 Å². The molecule has 5 nitrogen and oxygen atoms in total. The Morgan fingerprint density at radius 3 is 2.69 bits per heavy atom. The van der Waals surface area contributed by atoms with Crippen LogP contribution in [0.1, 0.15) is 5.56 Å². The van der Waals surface area contributed by atoms with Gasteiger partial charge in [-0.05, 0) is 17.7 Å². The highest BCUT2D eigenvalue weighted by atomic mass is 16.5. The van der Waals surface area contributed by atoms with Crippen molar-refractivity contribution in [2.24, 2.45) is 0 Å². The first-order valence-electron chi connectivity index (χ1n) is 4.66. The zero-order valence-electron chi connectivity index (χ0n) is 8.90. The smallest absolute Gasteiger partial charge is 0.408 e. The molecule has 0 atom stereocenters. The molecule has 1 aromatic rings. The Hall–Kier alpha value is -2.22. The standard InChI is InChI=1S/C11H12N2O3/c1-15-10-4-2-9(3-5-10)8-16-11(14)13-7-6-12/h2-5H,7-8H2,1H3,(H,13,14). The maximum absolute atomic E-state index is 11.0. The minimum absolute atomic E-state index is 0.0541. The molecule has 0 aromatic heterocycles. The molecule has 1 amide bonds. The van der Waals surface area contributed by atoms with Crippen LogP contribution in [0.15, 0.2) is 24.3 Å². The van der Waals surface area contributed by atoms with Gasteiger partial charge in [-0.15, -0.1) is 0 Å². The molecule has 0 heterocycles. The second-order valence-electron chi connectivity index (χ2n) is 2.94. The first kappa shape index (κ1) is 11.9. The SMILES string of the molecule is COc1ccc(COC(=O)NCC#N)cc1. The Kier molecular flexibility index (Phi) is 4.67. The monoisotopic (exact) mass is 220 g/mol. The Morgan fingerprint density at radius 1 is 1.44 bits per heavy atom. The third-order valence-electron chi connectivity index (χ3n) is 1.84. The molecule has 1 N–H and O–H groups in total. The fourth-order valence-corrected chi connectivity index (χ4v) is 1.03. The number of rotatable bonds is 4. The number of methoxy groups -OCH3 is 1. The highest BCUT2D eigenvalue weighted by molar-refractivity contribution is 5.67. The van der Waals surface area contributed by atoms with E-state index in [1.54, 1.807) is 37.4 Å². The van der Waals surface area contributed by atoms with Gasteiger partial charge in [0, 0.05) is 0 Å². The van der Waals surface area contributed by atoms with E-state index in [4.69, 9.17) is 14.7 Å². The third-order valence-corrected chi connectivity index (χ3v) is 1.84. The molecule has 0 aliphatic rings. The third kappa shape index (κ3) is 3.88. The van der Waals surface area contributed by atoms with Crippen LogP contribution in [0.25, 0.3) is 0 Å². The lowest BCUT2D eigenvalue weighted by molar-refractivity contribution is 0.141. The number of nitrogens with zero attached hydrogens (tertiary/aromatic N) is 1. The van der Waals surface area contributed by atoms with Gasteiger partial charge in [0.2, 0.25) is 0 Å². The molecule has 16 heavy (non-hydrogen) atoms. The number of carbonyl (C=O) groups is 1. The molecule has 5 heteroatoms. The first-order chi connectivity index (χ1) is 7.76. The lowest BCUT2D eigenvalue weighted by Gasteiger charge is -2.05. The second kappa shape index (κ2) is 6.30. The molecule has 0 aliphatic carbocycles. The van der Waals surface area contributed by atoms with Gasteiger partial charge in [0.15, 0.2) is 0 Å². The molecule has 0 saturated heterocycles. The van der Waals surface area contributed by atoms with Crippen molar-refractivity contribution in [3.63, 3.8) is 0 Å². The molecule has 1 aromatic carbocycles. The fourth-order valence-electron chi connectivity index (χ4n) is 1.03. The minimum Gasteiger partial charge on any atom is -0.497 e. The molecule has 1 rings (SSSR count). The summed E-state index contributed by atoms with van der Waals surface area (Å²) in [6.45, 7) is 0.114. The summed E-state index contributed by atoms with van der Waals surface area (Å²) in [5.41, 5.74) is 0.855. The van der Waals surface area contributed by atoms with Crippen LogP contribution in [-0.2, 0) is 11.3 Å². The van der Waals surface area contributed by atoms with Crippen molar-refractivity contribution in [1.29, 1.82) is 5.26 Å². The summed E-state index contributed by atoms with van der Waals surface area (Å²) in [5, 5.41) is 10.5. The van der Waals surface area contributed by atoms with Crippen LogP contribution in [-0.4, -0.2) is 19.7 Å². The number of benzene rings is 1. The molecule has 0 fully saturated rings. The van der Waals surface area contributed by atoms with Crippen molar-refractivity contribution in [1.82, 2.24) is 5.32 Å². The van der Waals surface area contributed by atoms with Crippen molar-refractivity contribution in [3.8, 4) is 11.8 Å². The van der Waals surface area contributed by atoms with E-state index in [0.29, 0.717) is 0 Å². The maximum Gasteiger partial charge on any atom is 0.408 e. The van der Waals surface area contributed by atoms with E-state index >= 15 is 0 Å². The molecular weight excluding hydrogens is 208 g/mol. The molecule has 0 aliphatic heterocycles. The van der Waals surface area contributed by atoms with Crippen LogP contribution >= 0.6 is 0 Å². The molecule has 0 bridgehead atoms. The van der Waals surface area contributed by atoms with Crippen molar-refractivity contribution in [2.45, 2.75) is 6.61 Å². The average Bonchev–Trinajstić information content (AvgIpc) is 2.34. The summed E-state index contributed by atoms with van der Waals surface area (Å²) in [6.07, 6.45) is -0.600. The van der Waals surface area contributed by atoms with E-state index in [9.17, 15) is 4.79 Å². The van der Waals surface area contributed by atoms with Crippen LogP contribution in [0.5, 0.6) is 5.75 Å². The van der Waals surface area contributed by atoms with E-state index < -0.39 is 6.09 Å². The number of amides is 1. The van der Waals surface area contributed by atoms with Crippen LogP contribution in [0.3, 0.4) is 0 Å². The highest BCUT2D eigenvalue weighted by Crippen LogP contribution is 2.11. The number of hydrogen-bond donors (Lipinski definition) is 1. The predicted octanol–water partition coefficient (Wildman–Crippen LogP) is 1.44. The molecule has 0 saturated carbocycles. The van der Waals surface area contributed by atoms with Crippen LogP contribution in [0.4, 0.5) is 4.79 Å². The summed E-state index contributed by atoms with van der Waals surface area (Å²) in [7, 11) is 1.58. The van der Waals surface area contributed by atoms with Gasteiger partial charge in [-0.1, -0.05) is 12.1 Å². The number of nitrogens with one attached hydrogen (secondary N) is 1. The van der Waals surface area contributed by atoms with Gasteiger partial charge in [-0.25, -0.2) is 4.79 Å². The summed E-state index contributed by atoms with van der Waals surface area (Å²) in [5.74, 6) is 0.748. The summed E-state index contributed by atoms with van der Waals surface area (Å²) < 4.78 is 9.85. The summed E-state index contributed by atoms with van der Waals surface area (Å²) in [6, 6.07) is 8.95. The number of carbonyl (C=O) groups excluding carboxylic acids is 1. The van der Waals surface area contributed by atoms with Crippen LogP contribution in [0, 0.1) is 11.3 Å². The van der Waals surface area contributed by atoms with Crippen molar-refractivity contribution in [3.05, 3.63) is 29.8 Å². The van der Waals surface area contributed by atoms with Crippen LogP contribution < -0.4 is 10.1 Å². The van der Waals surface area contributed by atoms with Crippen molar-refractivity contribution in [2.75, 3.05) is 13.7 Å². The van der Waals surface area contributed by atoms with E-state index in [1.807, 2.05) is 0 Å². The van der Waals surface area contributed by atoms with E-state index in [1.165, 1.54) is 0 Å². The van der Waals surface area contributed by atoms with Gasteiger partial charge in [-0.2, -0.15) is 5.26 Å². The molecule has 0 unspecified atom stereocenters. The molecule has 84 valence electrons. The normalized spacial score (nSPS) is 9.00. The highest BCUT2D eigenvalue weighted by Gasteiger charge is 2.01. The van der Waals surface area contributed by atoms with Gasteiger partial charge in [-0.3, -0.25) is 0 Å². The lowest BCUT2D eigenvalue weighted by atomic mass is 10.2. The maximum atomic E-state index is 11.0. The average molecular weight is 220 g/mol. The summed E-state index contributed by atoms with van der Waals surface area (Å²) >= 11 is 0. The number of alkyl carbamates (subject to hydrolysis) is 1. The molecule has 0 spiro atoms. The zero-order valence-corrected chi connectivity index (χ0v) is 8.90. The quantitative estimate of drug-likeness (QED) is 0.779. The van der Waals surface area contributed by atoms with Gasteiger partial charge in [0.1, 0.15) is 18.9 Å². The van der Waals surface area contributed by atoms with Crippen molar-refractivity contribution >= 4 is 6.09 Å². The summed E-state index contributed by atoms with van der Waals surface area (Å²) in [4.78, 5) is 11.0. The Balaban J connectivity index is 2.37. The predicted molar refractivity (Wildman–Crippen MR) is 56.8 cm³/mol. The largest absolute Gasteiger partial charge is 0.497 e. The lowest BCUT2D eigenvalue weighted by Crippen LogP contribution is -2.24. The Bertz CT molecular complexity index is 381. The Morgan fingerprint density at radius 2 is 2.12 bits per heavy atom. The molecular formula is C11H12N2O3. The topological polar surface area (TPSA) is 71.3 Å². The van der Waals surface area contributed by atoms with E-state index in [-0.39, 0.29) is 13.2 Å². The van der Waals surface area contributed by atoms with E-state index in [2.05, 4.69) is 5.32 Å². The fraction of sp³-hybridized carbons (Fsp3) is 0.273. The van der Waals surface area contributed by atoms with Gasteiger partial charge in [0.05, 0.1) is 13.2 Å². The van der Waals surface area contributed by atoms with Gasteiger partial charge < -0.3 is 14.8 Å². The number of hydrogen-bond acceptors (Lipinski definition) is 4. The second-order valence-corrected chi connectivity index (χ2v) is 2.94. The number of nitriles is 1.